The topological polar surface area (TPSA) is 37.8 Å². The number of aryl methyl sites for hydroxylation is 2. The highest BCUT2D eigenvalue weighted by molar-refractivity contribution is 7.07. The summed E-state index contributed by atoms with van der Waals surface area (Å²) in [5, 5.41) is 7.67. The standard InChI is InChI=1S/C13H17N3S/c1-9(6-12-4-5-17-8-12)15-13-7-14-10(2)11(3)16-13/h4-5,7-9H,6H2,1-3H3,(H,15,16). The lowest BCUT2D eigenvalue weighted by molar-refractivity contribution is 0.783. The molecule has 1 atom stereocenters. The number of anilines is 1. The van der Waals surface area contributed by atoms with Gasteiger partial charge in [0.1, 0.15) is 5.82 Å². The highest BCUT2D eigenvalue weighted by Crippen LogP contribution is 2.12. The Hall–Kier alpha value is -1.42. The molecule has 2 aromatic rings. The summed E-state index contributed by atoms with van der Waals surface area (Å²) in [5.41, 5.74) is 3.34. The molecule has 1 unspecified atom stereocenters. The van der Waals surface area contributed by atoms with Gasteiger partial charge in [0, 0.05) is 6.04 Å². The summed E-state index contributed by atoms with van der Waals surface area (Å²) in [6, 6.07) is 2.52. The fourth-order valence-electron chi connectivity index (χ4n) is 1.68. The molecule has 0 aliphatic carbocycles. The molecule has 0 radical (unpaired) electrons. The lowest BCUT2D eigenvalue weighted by atomic mass is 10.1. The van der Waals surface area contributed by atoms with Crippen LogP contribution in [0, 0.1) is 13.8 Å². The van der Waals surface area contributed by atoms with Gasteiger partial charge in [0.25, 0.3) is 0 Å². The van der Waals surface area contributed by atoms with Crippen LogP contribution in [0.3, 0.4) is 0 Å². The van der Waals surface area contributed by atoms with Crippen molar-refractivity contribution in [3.8, 4) is 0 Å². The summed E-state index contributed by atoms with van der Waals surface area (Å²) in [7, 11) is 0. The predicted molar refractivity (Wildman–Crippen MR) is 72.6 cm³/mol. The molecule has 0 spiro atoms. The van der Waals surface area contributed by atoms with Gasteiger partial charge in [-0.15, -0.1) is 0 Å². The monoisotopic (exact) mass is 247 g/mol. The van der Waals surface area contributed by atoms with Crippen LogP contribution >= 0.6 is 11.3 Å². The largest absolute Gasteiger partial charge is 0.366 e. The second-order valence-electron chi connectivity index (χ2n) is 4.31. The van der Waals surface area contributed by atoms with E-state index in [0.29, 0.717) is 6.04 Å². The Balaban J connectivity index is 1.98. The highest BCUT2D eigenvalue weighted by Gasteiger charge is 2.06. The molecule has 2 aromatic heterocycles. The molecule has 2 rings (SSSR count). The molecule has 2 heterocycles. The van der Waals surface area contributed by atoms with Crippen LogP contribution in [0.15, 0.2) is 23.0 Å². The van der Waals surface area contributed by atoms with E-state index < -0.39 is 0 Å². The van der Waals surface area contributed by atoms with E-state index >= 15 is 0 Å². The van der Waals surface area contributed by atoms with Gasteiger partial charge in [0.15, 0.2) is 0 Å². The second-order valence-corrected chi connectivity index (χ2v) is 5.09. The number of nitrogens with zero attached hydrogens (tertiary/aromatic N) is 2. The Morgan fingerprint density at radius 1 is 1.35 bits per heavy atom. The SMILES string of the molecule is Cc1ncc(NC(C)Cc2ccsc2)nc1C. The van der Waals surface area contributed by atoms with Crippen LogP contribution in [-0.2, 0) is 6.42 Å². The van der Waals surface area contributed by atoms with Gasteiger partial charge in [-0.25, -0.2) is 4.98 Å². The van der Waals surface area contributed by atoms with Crippen LogP contribution in [-0.4, -0.2) is 16.0 Å². The first-order valence-electron chi connectivity index (χ1n) is 5.73. The second kappa shape index (κ2) is 5.27. The number of aromatic nitrogens is 2. The molecular weight excluding hydrogens is 230 g/mol. The lowest BCUT2D eigenvalue weighted by Gasteiger charge is -2.14. The first-order chi connectivity index (χ1) is 8.15. The highest BCUT2D eigenvalue weighted by atomic mass is 32.1. The molecule has 1 N–H and O–H groups in total. The first kappa shape index (κ1) is 12.0. The Bertz CT molecular complexity index is 479. The molecular formula is C13H17N3S. The average molecular weight is 247 g/mol. The Morgan fingerprint density at radius 3 is 2.82 bits per heavy atom. The van der Waals surface area contributed by atoms with Crippen molar-refractivity contribution in [2.45, 2.75) is 33.2 Å². The molecule has 4 heteroatoms. The maximum absolute atomic E-state index is 4.47. The van der Waals surface area contributed by atoms with Crippen LogP contribution in [0.4, 0.5) is 5.82 Å². The van der Waals surface area contributed by atoms with Crippen molar-refractivity contribution in [3.63, 3.8) is 0 Å². The van der Waals surface area contributed by atoms with Crippen molar-refractivity contribution in [1.29, 1.82) is 0 Å². The molecule has 17 heavy (non-hydrogen) atoms. The van der Waals surface area contributed by atoms with Gasteiger partial charge < -0.3 is 5.32 Å². The van der Waals surface area contributed by atoms with E-state index in [1.165, 1.54) is 5.56 Å². The molecule has 0 amide bonds. The zero-order chi connectivity index (χ0) is 12.3. The third kappa shape index (κ3) is 3.27. The number of nitrogens with one attached hydrogen (secondary N) is 1. The van der Waals surface area contributed by atoms with Gasteiger partial charge >= 0.3 is 0 Å². The van der Waals surface area contributed by atoms with E-state index in [1.807, 2.05) is 13.8 Å². The van der Waals surface area contributed by atoms with E-state index in [9.17, 15) is 0 Å². The predicted octanol–water partition coefficient (Wildman–Crippen LogP) is 3.20. The number of hydrogen-bond acceptors (Lipinski definition) is 4. The summed E-state index contributed by atoms with van der Waals surface area (Å²) in [4.78, 5) is 8.78. The van der Waals surface area contributed by atoms with Crippen molar-refractivity contribution < 1.29 is 0 Å². The Morgan fingerprint density at radius 2 is 2.18 bits per heavy atom. The van der Waals surface area contributed by atoms with Crippen molar-refractivity contribution in [2.75, 3.05) is 5.32 Å². The van der Waals surface area contributed by atoms with Crippen LogP contribution in [0.25, 0.3) is 0 Å². The average Bonchev–Trinajstić information content (AvgIpc) is 2.76. The van der Waals surface area contributed by atoms with Gasteiger partial charge in [0.2, 0.25) is 0 Å². The molecule has 0 fully saturated rings. The van der Waals surface area contributed by atoms with Crippen molar-refractivity contribution in [1.82, 2.24) is 9.97 Å². The lowest BCUT2D eigenvalue weighted by Crippen LogP contribution is -2.19. The normalized spacial score (nSPS) is 12.4. The van der Waals surface area contributed by atoms with Gasteiger partial charge in [-0.1, -0.05) is 0 Å². The van der Waals surface area contributed by atoms with Crippen molar-refractivity contribution in [3.05, 3.63) is 40.0 Å². The van der Waals surface area contributed by atoms with Gasteiger partial charge in [-0.3, -0.25) is 4.98 Å². The number of rotatable bonds is 4. The summed E-state index contributed by atoms with van der Waals surface area (Å²) in [6.07, 6.45) is 2.81. The van der Waals surface area contributed by atoms with Gasteiger partial charge in [0.05, 0.1) is 17.6 Å². The summed E-state index contributed by atoms with van der Waals surface area (Å²) in [5.74, 6) is 0.857. The molecule has 0 aliphatic heterocycles. The Kier molecular flexibility index (Phi) is 3.74. The molecule has 3 nitrogen and oxygen atoms in total. The summed E-state index contributed by atoms with van der Waals surface area (Å²) in [6.45, 7) is 6.12. The smallest absolute Gasteiger partial charge is 0.145 e. The summed E-state index contributed by atoms with van der Waals surface area (Å²) < 4.78 is 0. The van der Waals surface area contributed by atoms with E-state index in [0.717, 1.165) is 23.6 Å². The van der Waals surface area contributed by atoms with Crippen LogP contribution in [0.1, 0.15) is 23.9 Å². The van der Waals surface area contributed by atoms with E-state index in [-0.39, 0.29) is 0 Å². The van der Waals surface area contributed by atoms with Crippen molar-refractivity contribution >= 4 is 17.2 Å². The van der Waals surface area contributed by atoms with Crippen LogP contribution in [0.2, 0.25) is 0 Å². The molecule has 0 aromatic carbocycles. The minimum atomic E-state index is 0.362. The van der Waals surface area contributed by atoms with Gasteiger partial charge in [-0.2, -0.15) is 11.3 Å². The summed E-state index contributed by atoms with van der Waals surface area (Å²) >= 11 is 1.74. The van der Waals surface area contributed by atoms with Crippen LogP contribution < -0.4 is 5.32 Å². The third-order valence-electron chi connectivity index (χ3n) is 2.71. The molecule has 0 aliphatic rings. The van der Waals surface area contributed by atoms with Crippen molar-refractivity contribution in [2.24, 2.45) is 0 Å². The van der Waals surface area contributed by atoms with E-state index in [1.54, 1.807) is 17.5 Å². The first-order valence-corrected chi connectivity index (χ1v) is 6.67. The van der Waals surface area contributed by atoms with Crippen LogP contribution in [0.5, 0.6) is 0 Å². The molecule has 0 saturated heterocycles. The fraction of sp³-hybridized carbons (Fsp3) is 0.385. The minimum Gasteiger partial charge on any atom is -0.366 e. The minimum absolute atomic E-state index is 0.362. The van der Waals surface area contributed by atoms with E-state index in [2.05, 4.69) is 39.0 Å². The fourth-order valence-corrected chi connectivity index (χ4v) is 2.36. The Labute approximate surface area is 106 Å². The third-order valence-corrected chi connectivity index (χ3v) is 3.44. The quantitative estimate of drug-likeness (QED) is 0.901. The number of hydrogen-bond donors (Lipinski definition) is 1. The zero-order valence-electron chi connectivity index (χ0n) is 10.4. The zero-order valence-corrected chi connectivity index (χ0v) is 11.2. The molecule has 0 bridgehead atoms. The maximum atomic E-state index is 4.47. The van der Waals surface area contributed by atoms with Gasteiger partial charge in [-0.05, 0) is 49.6 Å². The maximum Gasteiger partial charge on any atom is 0.145 e. The molecule has 0 saturated carbocycles. The molecule has 90 valence electrons. The van der Waals surface area contributed by atoms with E-state index in [4.69, 9.17) is 0 Å². The number of thiophene rings is 1.